The molecule has 0 atom stereocenters. The summed E-state index contributed by atoms with van der Waals surface area (Å²) >= 11 is 0. The second kappa shape index (κ2) is 7.45. The summed E-state index contributed by atoms with van der Waals surface area (Å²) in [4.78, 5) is 0. The smallest absolute Gasteiger partial charge is 0.482 e. The molecule has 0 aromatic heterocycles. The van der Waals surface area contributed by atoms with Gasteiger partial charge in [-0.05, 0) is 12.1 Å². The zero-order valence-corrected chi connectivity index (χ0v) is 7.60. The fourth-order valence-electron chi connectivity index (χ4n) is 0.787. The van der Waals surface area contributed by atoms with Gasteiger partial charge in [0.05, 0.1) is 14.2 Å². The van der Waals surface area contributed by atoms with Gasteiger partial charge in [-0.1, -0.05) is 12.1 Å². The zero-order chi connectivity index (χ0) is 10.1. The lowest BCUT2D eigenvalue weighted by molar-refractivity contribution is 0.355. The first kappa shape index (κ1) is 11.8. The van der Waals surface area contributed by atoms with Crippen LogP contribution in [0.15, 0.2) is 24.3 Å². The standard InChI is InChI=1S/C8H10O2.BH2O2/c1-9-7-5-3-4-6-8(7)10-2;2-1-3/h3-6H,1-2H3;2-3H. The van der Waals surface area contributed by atoms with E-state index in [1.807, 2.05) is 24.3 Å². The third kappa shape index (κ3) is 4.40. The maximum absolute atomic E-state index is 7.00. The monoisotopic (exact) mass is 183 g/mol. The predicted octanol–water partition coefficient (Wildman–Crippen LogP) is 0.209. The maximum atomic E-state index is 7.00. The van der Waals surface area contributed by atoms with Crippen LogP contribution in [0.5, 0.6) is 11.5 Å². The Labute approximate surface area is 78.0 Å². The molecule has 5 heteroatoms. The van der Waals surface area contributed by atoms with Crippen molar-refractivity contribution in [3.05, 3.63) is 24.3 Å². The molecule has 0 saturated carbocycles. The fourth-order valence-corrected chi connectivity index (χ4v) is 0.787. The lowest BCUT2D eigenvalue weighted by Crippen LogP contribution is -1.88. The first-order valence-electron chi connectivity index (χ1n) is 3.57. The topological polar surface area (TPSA) is 58.9 Å². The molecule has 1 aromatic carbocycles. The second-order valence-electron chi connectivity index (χ2n) is 1.97. The average Bonchev–Trinajstić information content (AvgIpc) is 2.19. The normalized spacial score (nSPS) is 8.00. The van der Waals surface area contributed by atoms with Gasteiger partial charge in [-0.2, -0.15) is 0 Å². The molecule has 0 saturated heterocycles. The number of rotatable bonds is 2. The van der Waals surface area contributed by atoms with E-state index >= 15 is 0 Å². The molecule has 0 fully saturated rings. The molecular weight excluding hydrogens is 171 g/mol. The molecule has 13 heavy (non-hydrogen) atoms. The summed E-state index contributed by atoms with van der Waals surface area (Å²) in [5.74, 6) is 1.54. The van der Waals surface area contributed by atoms with E-state index in [2.05, 4.69) is 0 Å². The van der Waals surface area contributed by atoms with Crippen LogP contribution >= 0.6 is 0 Å². The van der Waals surface area contributed by atoms with Crippen LogP contribution in [0.4, 0.5) is 0 Å². The highest BCUT2D eigenvalue weighted by atomic mass is 16.5. The van der Waals surface area contributed by atoms with Gasteiger partial charge in [0.2, 0.25) is 0 Å². The van der Waals surface area contributed by atoms with Crippen molar-refractivity contribution in [2.45, 2.75) is 0 Å². The summed E-state index contributed by atoms with van der Waals surface area (Å²) < 4.78 is 10.0. The molecule has 0 amide bonds. The molecule has 0 aliphatic rings. The van der Waals surface area contributed by atoms with E-state index in [4.69, 9.17) is 19.5 Å². The summed E-state index contributed by atoms with van der Waals surface area (Å²) in [7, 11) is 3.25. The molecule has 0 aliphatic carbocycles. The van der Waals surface area contributed by atoms with Gasteiger partial charge in [0.15, 0.2) is 11.5 Å². The molecule has 1 radical (unpaired) electrons. The Hall–Kier alpha value is -1.20. The van der Waals surface area contributed by atoms with Crippen LogP contribution in [-0.4, -0.2) is 32.0 Å². The molecule has 1 aromatic rings. The lowest BCUT2D eigenvalue weighted by atomic mass is 10.3. The van der Waals surface area contributed by atoms with Crippen LogP contribution in [0, 0.1) is 0 Å². The number of methoxy groups -OCH3 is 2. The van der Waals surface area contributed by atoms with Gasteiger partial charge in [0.25, 0.3) is 0 Å². The summed E-state index contributed by atoms with van der Waals surface area (Å²) in [6.45, 7) is 0. The molecule has 71 valence electrons. The van der Waals surface area contributed by atoms with Crippen molar-refractivity contribution in [2.75, 3.05) is 14.2 Å². The van der Waals surface area contributed by atoms with Gasteiger partial charge in [0, 0.05) is 0 Å². The quantitative estimate of drug-likeness (QED) is 0.643. The first-order chi connectivity index (χ1) is 6.29. The molecule has 1 rings (SSSR count). The molecule has 0 aliphatic heterocycles. The van der Waals surface area contributed by atoms with Crippen molar-refractivity contribution in [1.82, 2.24) is 0 Å². The van der Waals surface area contributed by atoms with Crippen molar-refractivity contribution >= 4 is 7.69 Å². The van der Waals surface area contributed by atoms with E-state index in [1.54, 1.807) is 14.2 Å². The molecule has 0 spiro atoms. The SMILES string of the molecule is COc1ccccc1OC.O[B]O. The van der Waals surface area contributed by atoms with Crippen LogP contribution < -0.4 is 9.47 Å². The largest absolute Gasteiger partial charge is 0.493 e. The van der Waals surface area contributed by atoms with Crippen LogP contribution in [0.3, 0.4) is 0 Å². The summed E-state index contributed by atoms with van der Waals surface area (Å²) in [6, 6.07) is 7.53. The second-order valence-corrected chi connectivity index (χ2v) is 1.97. The van der Waals surface area contributed by atoms with Gasteiger partial charge in [0.1, 0.15) is 0 Å². The average molecular weight is 183 g/mol. The molecular formula is C8H12BO4. The lowest BCUT2D eigenvalue weighted by Gasteiger charge is -2.04. The Bertz CT molecular complexity index is 206. The molecule has 2 N–H and O–H groups in total. The van der Waals surface area contributed by atoms with E-state index < -0.39 is 0 Å². The highest BCUT2D eigenvalue weighted by Crippen LogP contribution is 2.24. The number of benzene rings is 1. The highest BCUT2D eigenvalue weighted by molar-refractivity contribution is 6.13. The Kier molecular flexibility index (Phi) is 6.77. The number of hydrogen-bond acceptors (Lipinski definition) is 4. The minimum Gasteiger partial charge on any atom is -0.493 e. The van der Waals surface area contributed by atoms with Crippen LogP contribution in [0.25, 0.3) is 0 Å². The van der Waals surface area contributed by atoms with E-state index in [1.165, 1.54) is 0 Å². The van der Waals surface area contributed by atoms with Crippen LogP contribution in [0.2, 0.25) is 0 Å². The maximum Gasteiger partial charge on any atom is 0.482 e. The minimum absolute atomic E-state index is 0. The Morgan fingerprint density at radius 2 is 1.31 bits per heavy atom. The molecule has 0 unspecified atom stereocenters. The molecule has 0 bridgehead atoms. The van der Waals surface area contributed by atoms with Crippen molar-refractivity contribution in [3.8, 4) is 11.5 Å². The van der Waals surface area contributed by atoms with E-state index in [9.17, 15) is 0 Å². The summed E-state index contributed by atoms with van der Waals surface area (Å²) in [5, 5.41) is 14.0. The van der Waals surface area contributed by atoms with Crippen molar-refractivity contribution < 1.29 is 19.5 Å². The molecule has 0 heterocycles. The van der Waals surface area contributed by atoms with Crippen molar-refractivity contribution in [3.63, 3.8) is 0 Å². The van der Waals surface area contributed by atoms with E-state index in [0.717, 1.165) is 11.5 Å². The number of para-hydroxylation sites is 2. The first-order valence-corrected chi connectivity index (χ1v) is 3.57. The number of hydrogen-bond donors (Lipinski definition) is 2. The summed E-state index contributed by atoms with van der Waals surface area (Å²) in [6.07, 6.45) is 0. The van der Waals surface area contributed by atoms with Gasteiger partial charge in [-0.25, -0.2) is 0 Å². The summed E-state index contributed by atoms with van der Waals surface area (Å²) in [5.41, 5.74) is 0. The van der Waals surface area contributed by atoms with Crippen LogP contribution in [-0.2, 0) is 0 Å². The van der Waals surface area contributed by atoms with E-state index in [-0.39, 0.29) is 7.69 Å². The van der Waals surface area contributed by atoms with Crippen LogP contribution in [0.1, 0.15) is 0 Å². The van der Waals surface area contributed by atoms with Gasteiger partial charge in [-0.15, -0.1) is 0 Å². The highest BCUT2D eigenvalue weighted by Gasteiger charge is 1.97. The number of ether oxygens (including phenoxy) is 2. The Balaban J connectivity index is 0.000000424. The Morgan fingerprint density at radius 3 is 1.54 bits per heavy atom. The van der Waals surface area contributed by atoms with Gasteiger partial charge < -0.3 is 19.5 Å². The molecule has 4 nitrogen and oxygen atoms in total. The third-order valence-corrected chi connectivity index (χ3v) is 1.29. The predicted molar refractivity (Wildman–Crippen MR) is 49.7 cm³/mol. The van der Waals surface area contributed by atoms with Gasteiger partial charge in [-0.3, -0.25) is 0 Å². The van der Waals surface area contributed by atoms with E-state index in [0.29, 0.717) is 0 Å². The van der Waals surface area contributed by atoms with Gasteiger partial charge >= 0.3 is 7.69 Å². The minimum atomic E-state index is 0. The third-order valence-electron chi connectivity index (χ3n) is 1.29. The van der Waals surface area contributed by atoms with Crippen molar-refractivity contribution in [2.24, 2.45) is 0 Å². The fraction of sp³-hybridized carbons (Fsp3) is 0.250. The Morgan fingerprint density at radius 1 is 1.00 bits per heavy atom. The zero-order valence-electron chi connectivity index (χ0n) is 7.60. The van der Waals surface area contributed by atoms with Crippen molar-refractivity contribution in [1.29, 1.82) is 0 Å².